The average Bonchev–Trinajstić information content (AvgIpc) is 3.23. The lowest BCUT2D eigenvalue weighted by Gasteiger charge is -2.18. The number of amides is 2. The van der Waals surface area contributed by atoms with E-state index in [9.17, 15) is 14.0 Å². The van der Waals surface area contributed by atoms with Gasteiger partial charge in [-0.05, 0) is 29.8 Å². The van der Waals surface area contributed by atoms with Crippen LogP contribution in [0.2, 0.25) is 0 Å². The Hall–Kier alpha value is -4.05. The van der Waals surface area contributed by atoms with Crippen LogP contribution in [-0.2, 0) is 11.2 Å². The first-order valence-electron chi connectivity index (χ1n) is 9.61. The Morgan fingerprint density at radius 3 is 2.56 bits per heavy atom. The van der Waals surface area contributed by atoms with E-state index in [0.717, 1.165) is 21.8 Å². The number of fused-ring (bicyclic) bond motifs is 1. The van der Waals surface area contributed by atoms with E-state index in [1.165, 1.54) is 11.3 Å². The molecule has 0 aliphatic carbocycles. The maximum atomic E-state index is 14.7. The summed E-state index contributed by atoms with van der Waals surface area (Å²) in [5, 5.41) is 5.75. The Bertz CT molecular complexity index is 1290. The number of benzene rings is 2. The van der Waals surface area contributed by atoms with Crippen molar-refractivity contribution < 1.29 is 14.0 Å². The van der Waals surface area contributed by atoms with Crippen LogP contribution in [0.3, 0.4) is 0 Å². The van der Waals surface area contributed by atoms with Gasteiger partial charge in [-0.3, -0.25) is 9.59 Å². The van der Waals surface area contributed by atoms with E-state index in [-0.39, 0.29) is 23.6 Å². The molecule has 162 valence electrons. The molecule has 0 bridgehead atoms. The average molecular weight is 450 g/mol. The molecule has 0 saturated carbocycles. The number of primary amides is 2. The molecule has 8 nitrogen and oxygen atoms in total. The van der Waals surface area contributed by atoms with Gasteiger partial charge in [0, 0.05) is 12.1 Å². The van der Waals surface area contributed by atoms with Crippen molar-refractivity contribution in [3.63, 3.8) is 0 Å². The first-order chi connectivity index (χ1) is 15.4. The molecule has 1 unspecified atom stereocenters. The third-order valence-corrected chi connectivity index (χ3v) is 5.56. The molecule has 10 heteroatoms. The van der Waals surface area contributed by atoms with Gasteiger partial charge in [0.2, 0.25) is 5.91 Å². The van der Waals surface area contributed by atoms with Crippen LogP contribution in [0.5, 0.6) is 0 Å². The normalized spacial score (nSPS) is 11.8. The van der Waals surface area contributed by atoms with E-state index in [1.807, 2.05) is 42.5 Å². The Morgan fingerprint density at radius 1 is 1.06 bits per heavy atom. The van der Waals surface area contributed by atoms with Crippen LogP contribution in [0.25, 0.3) is 10.2 Å². The molecule has 2 aromatic heterocycles. The number of hydrogen-bond acceptors (Lipinski definition) is 7. The molecule has 0 fully saturated rings. The van der Waals surface area contributed by atoms with E-state index in [2.05, 4.69) is 20.6 Å². The molecule has 2 amide bonds. The van der Waals surface area contributed by atoms with Crippen LogP contribution < -0.4 is 22.1 Å². The number of nitrogens with two attached hydrogens (primary N) is 2. The fourth-order valence-corrected chi connectivity index (χ4v) is 3.90. The highest BCUT2D eigenvalue weighted by atomic mass is 32.1. The zero-order valence-corrected chi connectivity index (χ0v) is 17.5. The second kappa shape index (κ2) is 8.98. The lowest BCUT2D eigenvalue weighted by Crippen LogP contribution is -2.38. The van der Waals surface area contributed by atoms with Gasteiger partial charge in [0.1, 0.15) is 11.9 Å². The topological polar surface area (TPSA) is 136 Å². The van der Waals surface area contributed by atoms with Crippen LogP contribution in [0, 0.1) is 5.82 Å². The third kappa shape index (κ3) is 4.65. The minimum atomic E-state index is -0.916. The molecule has 4 aromatic rings. The molecule has 2 aromatic carbocycles. The maximum Gasteiger partial charge on any atom is 0.252 e. The fraction of sp³-hybridized carbons (Fsp3) is 0.0909. The monoisotopic (exact) mass is 450 g/mol. The Labute approximate surface area is 186 Å². The highest BCUT2D eigenvalue weighted by Gasteiger charge is 2.21. The second-order valence-electron chi connectivity index (χ2n) is 7.03. The summed E-state index contributed by atoms with van der Waals surface area (Å²) in [6, 6.07) is 14.6. The molecular formula is C22H19FN6O2S. The van der Waals surface area contributed by atoms with E-state index in [4.69, 9.17) is 11.5 Å². The number of nitrogens with one attached hydrogen (secondary N) is 2. The van der Waals surface area contributed by atoms with Crippen molar-refractivity contribution >= 4 is 50.7 Å². The number of pyridine rings is 1. The van der Waals surface area contributed by atoms with Gasteiger partial charge in [0.05, 0.1) is 21.3 Å². The molecule has 2 heterocycles. The van der Waals surface area contributed by atoms with Crippen molar-refractivity contribution in [2.75, 3.05) is 10.6 Å². The van der Waals surface area contributed by atoms with E-state index < -0.39 is 23.7 Å². The summed E-state index contributed by atoms with van der Waals surface area (Å²) in [4.78, 5) is 32.3. The number of halogens is 1. The molecule has 4 rings (SSSR count). The number of rotatable bonds is 8. The lowest BCUT2D eigenvalue weighted by molar-refractivity contribution is -0.118. The smallest absolute Gasteiger partial charge is 0.252 e. The standard InChI is InChI=1S/C22H19FN6O2S/c23-15-10-14(19(24)30)21(27-13-6-7-16-18(9-13)32-11-26-16)29-22(15)28-17(20(25)31)8-12-4-2-1-3-5-12/h1-7,9-11,17H,8H2,(H2,24,30)(H2,25,31)(H2,27,28,29). The molecule has 32 heavy (non-hydrogen) atoms. The van der Waals surface area contributed by atoms with Gasteiger partial charge in [0.15, 0.2) is 11.6 Å². The Morgan fingerprint density at radius 2 is 1.84 bits per heavy atom. The zero-order valence-electron chi connectivity index (χ0n) is 16.7. The van der Waals surface area contributed by atoms with Crippen molar-refractivity contribution in [1.82, 2.24) is 9.97 Å². The number of anilines is 3. The maximum absolute atomic E-state index is 14.7. The summed E-state index contributed by atoms with van der Waals surface area (Å²) in [6.07, 6.45) is 0.236. The molecule has 0 radical (unpaired) electrons. The minimum absolute atomic E-state index is 0.0493. The van der Waals surface area contributed by atoms with Gasteiger partial charge in [-0.2, -0.15) is 0 Å². The first-order valence-corrected chi connectivity index (χ1v) is 10.5. The van der Waals surface area contributed by atoms with Crippen LogP contribution in [-0.4, -0.2) is 27.8 Å². The minimum Gasteiger partial charge on any atom is -0.368 e. The second-order valence-corrected chi connectivity index (χ2v) is 7.91. The summed E-state index contributed by atoms with van der Waals surface area (Å²) >= 11 is 1.45. The van der Waals surface area contributed by atoms with Gasteiger partial charge in [-0.1, -0.05) is 30.3 Å². The summed E-state index contributed by atoms with van der Waals surface area (Å²) in [5.41, 5.74) is 14.8. The van der Waals surface area contributed by atoms with Crippen LogP contribution in [0.15, 0.2) is 60.1 Å². The fourth-order valence-electron chi connectivity index (χ4n) is 3.18. The summed E-state index contributed by atoms with van der Waals surface area (Å²) < 4.78 is 15.7. The Kier molecular flexibility index (Phi) is 5.95. The number of nitrogens with zero attached hydrogens (tertiary/aromatic N) is 2. The van der Waals surface area contributed by atoms with Crippen LogP contribution in [0.4, 0.5) is 21.7 Å². The van der Waals surface area contributed by atoms with Crippen molar-refractivity contribution in [3.05, 3.63) is 77.1 Å². The molecule has 0 aliphatic heterocycles. The van der Waals surface area contributed by atoms with E-state index >= 15 is 0 Å². The number of aromatic nitrogens is 2. The predicted molar refractivity (Wildman–Crippen MR) is 122 cm³/mol. The summed E-state index contributed by atoms with van der Waals surface area (Å²) in [7, 11) is 0. The van der Waals surface area contributed by atoms with Crippen molar-refractivity contribution in [1.29, 1.82) is 0 Å². The molecular weight excluding hydrogens is 431 g/mol. The van der Waals surface area contributed by atoms with Crippen molar-refractivity contribution in [2.45, 2.75) is 12.5 Å². The SMILES string of the molecule is NC(=O)c1cc(F)c(NC(Cc2ccccc2)C(N)=O)nc1Nc1ccc2ncsc2c1. The van der Waals surface area contributed by atoms with E-state index in [1.54, 1.807) is 11.6 Å². The third-order valence-electron chi connectivity index (χ3n) is 4.77. The molecule has 0 aliphatic rings. The van der Waals surface area contributed by atoms with Crippen molar-refractivity contribution in [2.24, 2.45) is 11.5 Å². The number of carbonyl (C=O) groups is 2. The first kappa shape index (κ1) is 21.2. The highest BCUT2D eigenvalue weighted by molar-refractivity contribution is 7.16. The van der Waals surface area contributed by atoms with Gasteiger partial charge < -0.3 is 22.1 Å². The van der Waals surface area contributed by atoms with Crippen LogP contribution in [0.1, 0.15) is 15.9 Å². The summed E-state index contributed by atoms with van der Waals surface area (Å²) in [6.45, 7) is 0. The van der Waals surface area contributed by atoms with Gasteiger partial charge in [0.25, 0.3) is 5.91 Å². The van der Waals surface area contributed by atoms with Gasteiger partial charge in [-0.25, -0.2) is 14.4 Å². The molecule has 1 atom stereocenters. The predicted octanol–water partition coefficient (Wildman–Crippen LogP) is 3.18. The largest absolute Gasteiger partial charge is 0.368 e. The summed E-state index contributed by atoms with van der Waals surface area (Å²) in [5.74, 6) is -2.52. The quantitative estimate of drug-likeness (QED) is 0.325. The highest BCUT2D eigenvalue weighted by Crippen LogP contribution is 2.27. The number of hydrogen-bond donors (Lipinski definition) is 4. The number of carbonyl (C=O) groups excluding carboxylic acids is 2. The van der Waals surface area contributed by atoms with Gasteiger partial charge in [-0.15, -0.1) is 11.3 Å². The van der Waals surface area contributed by atoms with Crippen molar-refractivity contribution in [3.8, 4) is 0 Å². The molecule has 0 spiro atoms. The molecule has 0 saturated heterocycles. The Balaban J connectivity index is 1.66. The van der Waals surface area contributed by atoms with Crippen LogP contribution >= 0.6 is 11.3 Å². The zero-order chi connectivity index (χ0) is 22.7. The number of thiazole rings is 1. The lowest BCUT2D eigenvalue weighted by atomic mass is 10.1. The molecule has 6 N–H and O–H groups in total. The van der Waals surface area contributed by atoms with Gasteiger partial charge >= 0.3 is 0 Å². The van der Waals surface area contributed by atoms with E-state index in [0.29, 0.717) is 5.69 Å².